The second kappa shape index (κ2) is 2.45. The quantitative estimate of drug-likeness (QED) is 0.564. The maximum Gasteiger partial charge on any atom is 0.308 e. The number of carboxylic acid groups (broad SMARTS) is 1. The number of carbonyl (C=O) groups is 1. The van der Waals surface area contributed by atoms with Crippen LogP contribution in [-0.4, -0.2) is 43.1 Å². The van der Waals surface area contributed by atoms with Crippen LogP contribution in [0.5, 0.6) is 0 Å². The van der Waals surface area contributed by atoms with Gasteiger partial charge in [0, 0.05) is 13.1 Å². The first-order valence-electron chi connectivity index (χ1n) is 4.15. The molecule has 13 heavy (non-hydrogen) atoms. The minimum Gasteiger partial charge on any atom is -0.481 e. The molecule has 0 aromatic rings. The van der Waals surface area contributed by atoms with Gasteiger partial charge in [-0.2, -0.15) is 0 Å². The average molecular weight is 205 g/mol. The third-order valence-electron chi connectivity index (χ3n) is 3.08. The molecular weight excluding hydrogens is 194 g/mol. The lowest BCUT2D eigenvalue weighted by Gasteiger charge is -2.40. The first-order chi connectivity index (χ1) is 6.00. The van der Waals surface area contributed by atoms with Crippen molar-refractivity contribution in [1.29, 1.82) is 0 Å². The zero-order valence-electron chi connectivity index (χ0n) is 6.99. The van der Waals surface area contributed by atoms with E-state index in [0.717, 1.165) is 0 Å². The van der Waals surface area contributed by atoms with E-state index < -0.39 is 26.5 Å². The van der Waals surface area contributed by atoms with Crippen molar-refractivity contribution in [3.63, 3.8) is 0 Å². The lowest BCUT2D eigenvalue weighted by molar-refractivity contribution is -0.143. The standard InChI is InChI=1S/C7H11NO4S/c9-6(10)5-1-2-13(11,12)7(5)3-8-4-7/h5,8H,1-4H2,(H,9,10). The molecule has 5 nitrogen and oxygen atoms in total. The van der Waals surface area contributed by atoms with Crippen molar-refractivity contribution in [2.45, 2.75) is 11.2 Å². The summed E-state index contributed by atoms with van der Waals surface area (Å²) in [5.41, 5.74) is 0. The van der Waals surface area contributed by atoms with Crippen LogP contribution in [0.2, 0.25) is 0 Å². The molecule has 2 rings (SSSR count). The summed E-state index contributed by atoms with van der Waals surface area (Å²) in [4.78, 5) is 10.8. The highest BCUT2D eigenvalue weighted by Crippen LogP contribution is 2.40. The van der Waals surface area contributed by atoms with Gasteiger partial charge in [0.1, 0.15) is 4.75 Å². The lowest BCUT2D eigenvalue weighted by atomic mass is 9.85. The van der Waals surface area contributed by atoms with Crippen molar-refractivity contribution >= 4 is 15.8 Å². The maximum absolute atomic E-state index is 11.6. The van der Waals surface area contributed by atoms with Crippen molar-refractivity contribution in [2.24, 2.45) is 5.92 Å². The lowest BCUT2D eigenvalue weighted by Crippen LogP contribution is -2.66. The van der Waals surface area contributed by atoms with Crippen LogP contribution >= 0.6 is 0 Å². The summed E-state index contributed by atoms with van der Waals surface area (Å²) in [7, 11) is -3.19. The van der Waals surface area contributed by atoms with E-state index in [4.69, 9.17) is 5.11 Å². The van der Waals surface area contributed by atoms with Crippen molar-refractivity contribution < 1.29 is 18.3 Å². The molecule has 0 saturated carbocycles. The van der Waals surface area contributed by atoms with E-state index in [0.29, 0.717) is 13.1 Å². The van der Waals surface area contributed by atoms with Crippen LogP contribution in [0.15, 0.2) is 0 Å². The molecule has 0 aliphatic carbocycles. The maximum atomic E-state index is 11.6. The highest BCUT2D eigenvalue weighted by Gasteiger charge is 2.61. The van der Waals surface area contributed by atoms with Gasteiger partial charge in [-0.25, -0.2) is 8.42 Å². The zero-order chi connectivity index (χ0) is 9.69. The number of sulfone groups is 1. The van der Waals surface area contributed by atoms with Crippen molar-refractivity contribution in [3.8, 4) is 0 Å². The Morgan fingerprint density at radius 1 is 1.46 bits per heavy atom. The summed E-state index contributed by atoms with van der Waals surface area (Å²) in [5, 5.41) is 11.7. The fourth-order valence-electron chi connectivity index (χ4n) is 2.14. The molecule has 1 atom stereocenters. The number of carboxylic acids is 1. The normalized spacial score (nSPS) is 34.3. The Labute approximate surface area is 76.0 Å². The van der Waals surface area contributed by atoms with Gasteiger partial charge < -0.3 is 10.4 Å². The highest BCUT2D eigenvalue weighted by atomic mass is 32.2. The molecule has 2 aliphatic rings. The van der Waals surface area contributed by atoms with E-state index in [-0.39, 0.29) is 12.2 Å². The van der Waals surface area contributed by atoms with Crippen LogP contribution in [0.3, 0.4) is 0 Å². The van der Waals surface area contributed by atoms with Gasteiger partial charge in [-0.1, -0.05) is 0 Å². The Morgan fingerprint density at radius 3 is 2.38 bits per heavy atom. The average Bonchev–Trinajstić information content (AvgIpc) is 2.19. The molecule has 74 valence electrons. The summed E-state index contributed by atoms with van der Waals surface area (Å²) in [6, 6.07) is 0. The van der Waals surface area contributed by atoms with E-state index in [2.05, 4.69) is 5.32 Å². The molecule has 2 fully saturated rings. The van der Waals surface area contributed by atoms with Crippen molar-refractivity contribution in [1.82, 2.24) is 5.32 Å². The van der Waals surface area contributed by atoms with Gasteiger partial charge in [0.15, 0.2) is 9.84 Å². The monoisotopic (exact) mass is 205 g/mol. The molecule has 2 saturated heterocycles. The molecule has 1 unspecified atom stereocenters. The van der Waals surface area contributed by atoms with Crippen LogP contribution in [0.1, 0.15) is 6.42 Å². The van der Waals surface area contributed by atoms with Gasteiger partial charge in [0.25, 0.3) is 0 Å². The second-order valence-electron chi connectivity index (χ2n) is 3.67. The molecule has 0 aromatic carbocycles. The van der Waals surface area contributed by atoms with Crippen LogP contribution < -0.4 is 5.32 Å². The molecule has 6 heteroatoms. The van der Waals surface area contributed by atoms with Gasteiger partial charge >= 0.3 is 5.97 Å². The molecule has 2 heterocycles. The van der Waals surface area contributed by atoms with Crippen LogP contribution in [0.25, 0.3) is 0 Å². The van der Waals surface area contributed by atoms with Gasteiger partial charge in [-0.05, 0) is 6.42 Å². The van der Waals surface area contributed by atoms with Crippen LogP contribution in [0.4, 0.5) is 0 Å². The first kappa shape index (κ1) is 8.96. The van der Waals surface area contributed by atoms with E-state index in [1.54, 1.807) is 0 Å². The third-order valence-corrected chi connectivity index (χ3v) is 5.66. The predicted molar refractivity (Wildman–Crippen MR) is 45.1 cm³/mol. The minimum atomic E-state index is -3.19. The second-order valence-corrected chi connectivity index (χ2v) is 6.12. The number of hydrogen-bond acceptors (Lipinski definition) is 4. The van der Waals surface area contributed by atoms with Crippen LogP contribution in [-0.2, 0) is 14.6 Å². The van der Waals surface area contributed by atoms with Crippen LogP contribution in [0, 0.1) is 5.92 Å². The van der Waals surface area contributed by atoms with Crippen molar-refractivity contribution in [2.75, 3.05) is 18.8 Å². The number of nitrogens with one attached hydrogen (secondary N) is 1. The first-order valence-corrected chi connectivity index (χ1v) is 5.81. The minimum absolute atomic E-state index is 0.0195. The Morgan fingerprint density at radius 2 is 2.08 bits per heavy atom. The third kappa shape index (κ3) is 0.955. The summed E-state index contributed by atoms with van der Waals surface area (Å²) in [6.07, 6.45) is 0.263. The molecular formula is C7H11NO4S. The van der Waals surface area contributed by atoms with Crippen molar-refractivity contribution in [3.05, 3.63) is 0 Å². The Balaban J connectivity index is 2.41. The smallest absolute Gasteiger partial charge is 0.308 e. The largest absolute Gasteiger partial charge is 0.481 e. The number of rotatable bonds is 1. The van der Waals surface area contributed by atoms with Gasteiger partial charge in [0.05, 0.1) is 11.7 Å². The molecule has 2 N–H and O–H groups in total. The summed E-state index contributed by atoms with van der Waals surface area (Å²) in [5.74, 6) is -1.67. The fraction of sp³-hybridized carbons (Fsp3) is 0.857. The summed E-state index contributed by atoms with van der Waals surface area (Å²) >= 11 is 0. The van der Waals surface area contributed by atoms with Gasteiger partial charge in [-0.3, -0.25) is 4.79 Å². The summed E-state index contributed by atoms with van der Waals surface area (Å²) < 4.78 is 22.2. The Bertz CT molecular complexity index is 344. The molecule has 1 spiro atoms. The molecule has 0 radical (unpaired) electrons. The van der Waals surface area contributed by atoms with Gasteiger partial charge in [-0.15, -0.1) is 0 Å². The molecule has 2 aliphatic heterocycles. The molecule has 0 bridgehead atoms. The fourth-order valence-corrected chi connectivity index (χ4v) is 4.39. The number of hydrogen-bond donors (Lipinski definition) is 2. The topological polar surface area (TPSA) is 83.5 Å². The predicted octanol–water partition coefficient (Wildman–Crippen LogP) is -1.15. The molecule has 0 amide bonds. The Hall–Kier alpha value is -0.620. The molecule has 0 aromatic heterocycles. The number of aliphatic carboxylic acids is 1. The van der Waals surface area contributed by atoms with E-state index in [1.807, 2.05) is 0 Å². The summed E-state index contributed by atoms with van der Waals surface area (Å²) in [6.45, 7) is 0.596. The Kier molecular flexibility index (Phi) is 1.69. The highest BCUT2D eigenvalue weighted by molar-refractivity contribution is 7.93. The van der Waals surface area contributed by atoms with E-state index in [9.17, 15) is 13.2 Å². The van der Waals surface area contributed by atoms with E-state index in [1.165, 1.54) is 0 Å². The zero-order valence-corrected chi connectivity index (χ0v) is 7.80. The van der Waals surface area contributed by atoms with Gasteiger partial charge in [0.2, 0.25) is 0 Å². The SMILES string of the molecule is O=C(O)C1CCS(=O)(=O)C12CNC2. The van der Waals surface area contributed by atoms with E-state index >= 15 is 0 Å².